The molecule has 5 nitrogen and oxygen atoms in total. The number of hydrogen-bond donors (Lipinski definition) is 1. The van der Waals surface area contributed by atoms with E-state index in [0.29, 0.717) is 12.2 Å². The molecule has 5 heteroatoms. The van der Waals surface area contributed by atoms with E-state index in [9.17, 15) is 4.79 Å². The molecule has 0 unspecified atom stereocenters. The minimum atomic E-state index is -0.296. The molecule has 2 rings (SSSR count). The first kappa shape index (κ1) is 13.7. The Morgan fingerprint density at radius 2 is 2.30 bits per heavy atom. The Bertz CT molecular complexity index is 597. The highest BCUT2D eigenvalue weighted by molar-refractivity contribution is 5.94. The first-order valence-corrected chi connectivity index (χ1v) is 6.26. The summed E-state index contributed by atoms with van der Waals surface area (Å²) in [5, 5.41) is 3.91. The van der Waals surface area contributed by atoms with Crippen LogP contribution in [0.5, 0.6) is 5.75 Å². The SMILES string of the molecule is CCOc1cccc(C=NNC(=O)c2cccnc2)c1. The Balaban J connectivity index is 1.96. The summed E-state index contributed by atoms with van der Waals surface area (Å²) in [4.78, 5) is 15.6. The zero-order valence-corrected chi connectivity index (χ0v) is 11.1. The van der Waals surface area contributed by atoms with E-state index in [1.807, 2.05) is 31.2 Å². The van der Waals surface area contributed by atoms with Crippen LogP contribution in [0.25, 0.3) is 0 Å². The number of rotatable bonds is 5. The molecule has 0 aliphatic rings. The summed E-state index contributed by atoms with van der Waals surface area (Å²) in [6, 6.07) is 10.8. The standard InChI is InChI=1S/C15H15N3O2/c1-2-20-14-7-3-5-12(9-14)10-17-18-15(19)13-6-4-8-16-11-13/h3-11H,2H2,1H3,(H,18,19). The number of hydrogen-bond acceptors (Lipinski definition) is 4. The second kappa shape index (κ2) is 7.04. The first-order valence-electron chi connectivity index (χ1n) is 6.26. The molecule has 102 valence electrons. The predicted molar refractivity (Wildman–Crippen MR) is 76.9 cm³/mol. The summed E-state index contributed by atoms with van der Waals surface area (Å²) in [5.41, 5.74) is 3.76. The monoisotopic (exact) mass is 269 g/mol. The van der Waals surface area contributed by atoms with E-state index < -0.39 is 0 Å². The number of aromatic nitrogens is 1. The van der Waals surface area contributed by atoms with Gasteiger partial charge in [-0.15, -0.1) is 0 Å². The summed E-state index contributed by atoms with van der Waals surface area (Å²) >= 11 is 0. The van der Waals surface area contributed by atoms with Gasteiger partial charge in [0, 0.05) is 12.4 Å². The maximum Gasteiger partial charge on any atom is 0.272 e. The topological polar surface area (TPSA) is 63.6 Å². The number of carbonyl (C=O) groups excluding carboxylic acids is 1. The van der Waals surface area contributed by atoms with Crippen LogP contribution in [0.1, 0.15) is 22.8 Å². The smallest absolute Gasteiger partial charge is 0.272 e. The van der Waals surface area contributed by atoms with Crippen molar-refractivity contribution in [3.05, 3.63) is 59.9 Å². The first-order chi connectivity index (χ1) is 9.79. The third kappa shape index (κ3) is 3.91. The van der Waals surface area contributed by atoms with Crippen molar-refractivity contribution < 1.29 is 9.53 Å². The van der Waals surface area contributed by atoms with Gasteiger partial charge in [0.1, 0.15) is 5.75 Å². The zero-order chi connectivity index (χ0) is 14.2. The zero-order valence-electron chi connectivity index (χ0n) is 11.1. The number of amides is 1. The van der Waals surface area contributed by atoms with Crippen LogP contribution in [0.15, 0.2) is 53.9 Å². The molecule has 1 amide bonds. The Morgan fingerprint density at radius 1 is 1.40 bits per heavy atom. The van der Waals surface area contributed by atoms with Crippen molar-refractivity contribution in [3.63, 3.8) is 0 Å². The van der Waals surface area contributed by atoms with Crippen molar-refractivity contribution in [1.29, 1.82) is 0 Å². The van der Waals surface area contributed by atoms with E-state index in [1.165, 1.54) is 6.20 Å². The quantitative estimate of drug-likeness (QED) is 0.669. The van der Waals surface area contributed by atoms with Gasteiger partial charge in [-0.2, -0.15) is 5.10 Å². The van der Waals surface area contributed by atoms with Gasteiger partial charge in [0.2, 0.25) is 0 Å². The molecular weight excluding hydrogens is 254 g/mol. The molecule has 2 aromatic rings. The van der Waals surface area contributed by atoms with E-state index in [0.717, 1.165) is 11.3 Å². The second-order valence-electron chi connectivity index (χ2n) is 3.95. The second-order valence-corrected chi connectivity index (χ2v) is 3.95. The van der Waals surface area contributed by atoms with Crippen molar-refractivity contribution in [2.75, 3.05) is 6.61 Å². The van der Waals surface area contributed by atoms with Crippen LogP contribution in [0, 0.1) is 0 Å². The molecule has 20 heavy (non-hydrogen) atoms. The number of benzene rings is 1. The molecule has 0 aliphatic heterocycles. The van der Waals surface area contributed by atoms with Gasteiger partial charge >= 0.3 is 0 Å². The number of nitrogens with one attached hydrogen (secondary N) is 1. The van der Waals surface area contributed by atoms with Crippen molar-refractivity contribution in [2.24, 2.45) is 5.10 Å². The summed E-state index contributed by atoms with van der Waals surface area (Å²) in [6.07, 6.45) is 4.66. The third-order valence-corrected chi connectivity index (χ3v) is 2.47. The predicted octanol–water partition coefficient (Wildman–Crippen LogP) is 2.24. The highest BCUT2D eigenvalue weighted by Crippen LogP contribution is 2.11. The van der Waals surface area contributed by atoms with Crippen LogP contribution >= 0.6 is 0 Å². The van der Waals surface area contributed by atoms with Gasteiger partial charge in [0.15, 0.2) is 0 Å². The lowest BCUT2D eigenvalue weighted by molar-refractivity contribution is 0.0955. The van der Waals surface area contributed by atoms with Gasteiger partial charge in [-0.1, -0.05) is 12.1 Å². The Morgan fingerprint density at radius 3 is 3.05 bits per heavy atom. The lowest BCUT2D eigenvalue weighted by Gasteiger charge is -2.03. The fourth-order valence-electron chi connectivity index (χ4n) is 1.58. The molecule has 0 saturated carbocycles. The molecule has 0 radical (unpaired) electrons. The maximum atomic E-state index is 11.7. The molecule has 0 aliphatic carbocycles. The summed E-state index contributed by atoms with van der Waals surface area (Å²) < 4.78 is 5.39. The lowest BCUT2D eigenvalue weighted by Crippen LogP contribution is -2.17. The Hall–Kier alpha value is -2.69. The summed E-state index contributed by atoms with van der Waals surface area (Å²) in [7, 11) is 0. The average Bonchev–Trinajstić information content (AvgIpc) is 2.49. The molecule has 0 spiro atoms. The van der Waals surface area contributed by atoms with Gasteiger partial charge in [0.05, 0.1) is 18.4 Å². The van der Waals surface area contributed by atoms with Crippen molar-refractivity contribution in [2.45, 2.75) is 6.92 Å². The minimum absolute atomic E-state index is 0.296. The van der Waals surface area contributed by atoms with Crippen LogP contribution in [0.2, 0.25) is 0 Å². The number of hydrazone groups is 1. The highest BCUT2D eigenvalue weighted by Gasteiger charge is 2.02. The average molecular weight is 269 g/mol. The highest BCUT2D eigenvalue weighted by atomic mass is 16.5. The van der Waals surface area contributed by atoms with Gasteiger partial charge < -0.3 is 4.74 Å². The van der Waals surface area contributed by atoms with Gasteiger partial charge in [0.25, 0.3) is 5.91 Å². The fraction of sp³-hybridized carbons (Fsp3) is 0.133. The molecule has 1 aromatic carbocycles. The summed E-state index contributed by atoms with van der Waals surface area (Å²) in [6.45, 7) is 2.53. The normalized spacial score (nSPS) is 10.4. The maximum absolute atomic E-state index is 11.7. The van der Waals surface area contributed by atoms with Gasteiger partial charge in [-0.05, 0) is 36.8 Å². The molecule has 0 saturated heterocycles. The molecule has 0 fully saturated rings. The van der Waals surface area contributed by atoms with Crippen LogP contribution < -0.4 is 10.2 Å². The van der Waals surface area contributed by atoms with Crippen molar-refractivity contribution in [1.82, 2.24) is 10.4 Å². The third-order valence-electron chi connectivity index (χ3n) is 2.47. The Labute approximate surface area is 117 Å². The molecule has 0 atom stereocenters. The van der Waals surface area contributed by atoms with Crippen LogP contribution in [0.4, 0.5) is 0 Å². The molecular formula is C15H15N3O2. The van der Waals surface area contributed by atoms with E-state index in [2.05, 4.69) is 15.5 Å². The summed E-state index contributed by atoms with van der Waals surface area (Å²) in [5.74, 6) is 0.477. The largest absolute Gasteiger partial charge is 0.494 e. The molecule has 1 heterocycles. The van der Waals surface area contributed by atoms with Crippen molar-refractivity contribution in [3.8, 4) is 5.75 Å². The van der Waals surface area contributed by atoms with E-state index in [1.54, 1.807) is 24.5 Å². The Kier molecular flexibility index (Phi) is 4.83. The van der Waals surface area contributed by atoms with Gasteiger partial charge in [-0.3, -0.25) is 9.78 Å². The number of pyridine rings is 1. The number of nitrogens with zero attached hydrogens (tertiary/aromatic N) is 2. The molecule has 1 N–H and O–H groups in total. The number of ether oxygens (including phenoxy) is 1. The lowest BCUT2D eigenvalue weighted by atomic mass is 10.2. The van der Waals surface area contributed by atoms with Crippen LogP contribution in [0.3, 0.4) is 0 Å². The minimum Gasteiger partial charge on any atom is -0.494 e. The van der Waals surface area contributed by atoms with Gasteiger partial charge in [-0.25, -0.2) is 5.43 Å². The molecule has 1 aromatic heterocycles. The van der Waals surface area contributed by atoms with Crippen LogP contribution in [-0.2, 0) is 0 Å². The molecule has 0 bridgehead atoms. The van der Waals surface area contributed by atoms with E-state index in [4.69, 9.17) is 4.74 Å². The fourth-order valence-corrected chi connectivity index (χ4v) is 1.58. The van der Waals surface area contributed by atoms with Crippen LogP contribution in [-0.4, -0.2) is 23.7 Å². The van der Waals surface area contributed by atoms with E-state index >= 15 is 0 Å². The van der Waals surface area contributed by atoms with E-state index in [-0.39, 0.29) is 5.91 Å². The number of carbonyl (C=O) groups is 1. The van der Waals surface area contributed by atoms with Crippen molar-refractivity contribution >= 4 is 12.1 Å².